The Morgan fingerprint density at radius 1 is 1.36 bits per heavy atom. The summed E-state index contributed by atoms with van der Waals surface area (Å²) in [6.45, 7) is 3.30. The van der Waals surface area contributed by atoms with Crippen LogP contribution < -0.4 is 5.32 Å². The van der Waals surface area contributed by atoms with E-state index in [9.17, 15) is 0 Å². The highest BCUT2D eigenvalue weighted by Crippen LogP contribution is 2.26. The maximum Gasteiger partial charge on any atom is 0.0217 e. The van der Waals surface area contributed by atoms with Crippen molar-refractivity contribution in [3.8, 4) is 0 Å². The molecule has 0 aliphatic heterocycles. The van der Waals surface area contributed by atoms with Crippen LogP contribution in [0.1, 0.15) is 13.3 Å². The molecule has 0 saturated heterocycles. The van der Waals surface area contributed by atoms with Crippen molar-refractivity contribution < 1.29 is 0 Å². The van der Waals surface area contributed by atoms with Crippen LogP contribution in [-0.2, 0) is 0 Å². The minimum atomic E-state index is 0.668. The lowest BCUT2D eigenvalue weighted by Gasteiger charge is -2.13. The molecule has 0 fully saturated rings. The molecule has 1 nitrogen and oxygen atoms in total. The molecule has 1 unspecified atom stereocenters. The molecule has 1 aromatic carbocycles. The van der Waals surface area contributed by atoms with Gasteiger partial charge in [0.25, 0.3) is 0 Å². The zero-order valence-corrected chi connectivity index (χ0v) is 11.0. The maximum atomic E-state index is 3.44. The topological polar surface area (TPSA) is 12.0 Å². The second-order valence-electron chi connectivity index (χ2n) is 3.16. The lowest BCUT2D eigenvalue weighted by Crippen LogP contribution is -2.19. The molecule has 0 saturated carbocycles. The fraction of sp³-hybridized carbons (Fsp3) is 0.455. The van der Waals surface area contributed by atoms with Crippen LogP contribution in [0.3, 0.4) is 0 Å². The summed E-state index contributed by atoms with van der Waals surface area (Å²) in [5.41, 5.74) is 0. The molecule has 0 aliphatic carbocycles. The van der Waals surface area contributed by atoms with E-state index in [1.807, 2.05) is 18.8 Å². The predicted molar refractivity (Wildman–Crippen MR) is 68.0 cm³/mol. The van der Waals surface area contributed by atoms with Crippen molar-refractivity contribution in [2.24, 2.45) is 0 Å². The van der Waals surface area contributed by atoms with Crippen molar-refractivity contribution in [2.75, 3.05) is 13.6 Å². The van der Waals surface area contributed by atoms with Crippen molar-refractivity contribution in [1.82, 2.24) is 5.32 Å². The highest BCUT2D eigenvalue weighted by Gasteiger charge is 2.06. The Morgan fingerprint density at radius 3 is 2.50 bits per heavy atom. The first-order chi connectivity index (χ1) is 6.76. The summed E-state index contributed by atoms with van der Waals surface area (Å²) in [5, 5.41) is 3.89. The average molecular weight is 274 g/mol. The summed E-state index contributed by atoms with van der Waals surface area (Å²) < 4.78 is 1.14. The van der Waals surface area contributed by atoms with Gasteiger partial charge >= 0.3 is 0 Å². The second kappa shape index (κ2) is 6.49. The van der Waals surface area contributed by atoms with Crippen LogP contribution in [0.15, 0.2) is 33.6 Å². The minimum absolute atomic E-state index is 0.668. The number of hydrogen-bond acceptors (Lipinski definition) is 2. The molecule has 1 atom stereocenters. The molecular formula is C11H16BrNS. The summed E-state index contributed by atoms with van der Waals surface area (Å²) in [4.78, 5) is 1.34. The molecule has 1 aromatic rings. The smallest absolute Gasteiger partial charge is 0.0217 e. The van der Waals surface area contributed by atoms with Crippen molar-refractivity contribution in [2.45, 2.75) is 23.5 Å². The van der Waals surface area contributed by atoms with Crippen LogP contribution in [0, 0.1) is 0 Å². The number of benzene rings is 1. The fourth-order valence-corrected chi connectivity index (χ4v) is 2.56. The van der Waals surface area contributed by atoms with Crippen molar-refractivity contribution in [1.29, 1.82) is 0 Å². The van der Waals surface area contributed by atoms with Gasteiger partial charge in [-0.05, 0) is 37.7 Å². The first-order valence-corrected chi connectivity index (χ1v) is 6.50. The third-order valence-corrected chi connectivity index (χ3v) is 3.91. The minimum Gasteiger partial charge on any atom is -0.319 e. The molecule has 0 aromatic heterocycles. The predicted octanol–water partition coefficient (Wildman–Crippen LogP) is 3.54. The van der Waals surface area contributed by atoms with Gasteiger partial charge in [-0.2, -0.15) is 0 Å². The second-order valence-corrected chi connectivity index (χ2v) is 5.45. The Hall–Kier alpha value is 0.01000. The van der Waals surface area contributed by atoms with Crippen LogP contribution >= 0.6 is 27.7 Å². The van der Waals surface area contributed by atoms with E-state index in [-0.39, 0.29) is 0 Å². The zero-order chi connectivity index (χ0) is 10.4. The van der Waals surface area contributed by atoms with Crippen molar-refractivity contribution >= 4 is 27.7 Å². The molecule has 0 amide bonds. The SMILES string of the molecule is CCC(CNC)Sc1ccc(Br)cc1. The summed E-state index contributed by atoms with van der Waals surface area (Å²) in [6, 6.07) is 8.50. The van der Waals surface area contributed by atoms with E-state index in [4.69, 9.17) is 0 Å². The Balaban J connectivity index is 2.53. The van der Waals surface area contributed by atoms with Gasteiger partial charge < -0.3 is 5.32 Å². The van der Waals surface area contributed by atoms with E-state index in [0.717, 1.165) is 11.0 Å². The summed E-state index contributed by atoms with van der Waals surface area (Å²) in [5.74, 6) is 0. The molecule has 0 heterocycles. The Labute approximate surface area is 98.8 Å². The van der Waals surface area contributed by atoms with Crippen LogP contribution in [0.4, 0.5) is 0 Å². The fourth-order valence-electron chi connectivity index (χ4n) is 1.20. The van der Waals surface area contributed by atoms with E-state index in [1.54, 1.807) is 0 Å². The van der Waals surface area contributed by atoms with Gasteiger partial charge in [-0.15, -0.1) is 11.8 Å². The molecular weight excluding hydrogens is 258 g/mol. The molecule has 14 heavy (non-hydrogen) atoms. The Kier molecular flexibility index (Phi) is 5.60. The number of hydrogen-bond donors (Lipinski definition) is 1. The highest BCUT2D eigenvalue weighted by molar-refractivity contribution is 9.10. The van der Waals surface area contributed by atoms with Gasteiger partial charge in [0.15, 0.2) is 0 Å². The summed E-state index contributed by atoms with van der Waals surface area (Å²) >= 11 is 5.38. The van der Waals surface area contributed by atoms with E-state index in [2.05, 4.69) is 52.4 Å². The molecule has 0 bridgehead atoms. The Morgan fingerprint density at radius 2 is 2.00 bits per heavy atom. The van der Waals surface area contributed by atoms with Gasteiger partial charge in [-0.1, -0.05) is 22.9 Å². The lowest BCUT2D eigenvalue weighted by atomic mass is 10.3. The van der Waals surface area contributed by atoms with Gasteiger partial charge in [0.1, 0.15) is 0 Å². The van der Waals surface area contributed by atoms with Crippen LogP contribution in [-0.4, -0.2) is 18.8 Å². The quantitative estimate of drug-likeness (QED) is 0.824. The third kappa shape index (κ3) is 4.03. The summed E-state index contributed by atoms with van der Waals surface area (Å²) in [6.07, 6.45) is 1.20. The van der Waals surface area contributed by atoms with E-state index in [0.29, 0.717) is 5.25 Å². The van der Waals surface area contributed by atoms with Crippen molar-refractivity contribution in [3.63, 3.8) is 0 Å². The van der Waals surface area contributed by atoms with Gasteiger partial charge in [0.05, 0.1) is 0 Å². The summed E-state index contributed by atoms with van der Waals surface area (Å²) in [7, 11) is 2.00. The molecule has 0 spiro atoms. The molecule has 0 radical (unpaired) electrons. The van der Waals surface area contributed by atoms with E-state index in [1.165, 1.54) is 11.3 Å². The molecule has 1 rings (SSSR count). The maximum absolute atomic E-state index is 3.44. The molecule has 78 valence electrons. The molecule has 0 aliphatic rings. The number of thioether (sulfide) groups is 1. The van der Waals surface area contributed by atoms with Crippen LogP contribution in [0.25, 0.3) is 0 Å². The Bertz CT molecular complexity index is 260. The van der Waals surface area contributed by atoms with E-state index < -0.39 is 0 Å². The van der Waals surface area contributed by atoms with Gasteiger partial charge in [-0.3, -0.25) is 0 Å². The first kappa shape index (κ1) is 12.1. The zero-order valence-electron chi connectivity index (χ0n) is 8.59. The largest absolute Gasteiger partial charge is 0.319 e. The first-order valence-electron chi connectivity index (χ1n) is 4.83. The van der Waals surface area contributed by atoms with Gasteiger partial charge in [0, 0.05) is 21.2 Å². The van der Waals surface area contributed by atoms with Crippen LogP contribution in [0.5, 0.6) is 0 Å². The van der Waals surface area contributed by atoms with Gasteiger partial charge in [0.2, 0.25) is 0 Å². The third-order valence-electron chi connectivity index (χ3n) is 2.00. The van der Waals surface area contributed by atoms with Crippen molar-refractivity contribution in [3.05, 3.63) is 28.7 Å². The van der Waals surface area contributed by atoms with E-state index >= 15 is 0 Å². The highest BCUT2D eigenvalue weighted by atomic mass is 79.9. The molecule has 1 N–H and O–H groups in total. The monoisotopic (exact) mass is 273 g/mol. The lowest BCUT2D eigenvalue weighted by molar-refractivity contribution is 0.726. The molecule has 3 heteroatoms. The average Bonchev–Trinajstić information content (AvgIpc) is 2.20. The standard InChI is InChI=1S/C11H16BrNS/c1-3-10(8-13-2)14-11-6-4-9(12)5-7-11/h4-7,10,13H,3,8H2,1-2H3. The van der Waals surface area contributed by atoms with Gasteiger partial charge in [-0.25, -0.2) is 0 Å². The van der Waals surface area contributed by atoms with Crippen LogP contribution in [0.2, 0.25) is 0 Å². The number of nitrogens with one attached hydrogen (secondary N) is 1. The number of rotatable bonds is 5. The normalized spacial score (nSPS) is 12.8. The number of halogens is 1.